The Kier molecular flexibility index (Phi) is 8.52. The fourth-order valence-corrected chi connectivity index (χ4v) is 4.88. The van der Waals surface area contributed by atoms with Crippen LogP contribution in [0.5, 0.6) is 11.6 Å². The number of rotatable bonds is 11. The minimum atomic E-state index is -0.779. The number of ketones is 1. The highest BCUT2D eigenvalue weighted by Crippen LogP contribution is 2.48. The van der Waals surface area contributed by atoms with Crippen LogP contribution in [-0.2, 0) is 16.0 Å². The number of carbonyl (C=O) groups excluding carboxylic acids is 2. The van der Waals surface area contributed by atoms with Gasteiger partial charge in [0.05, 0.1) is 43.4 Å². The summed E-state index contributed by atoms with van der Waals surface area (Å²) in [6.07, 6.45) is 4.08. The van der Waals surface area contributed by atoms with E-state index in [0.717, 1.165) is 19.0 Å². The van der Waals surface area contributed by atoms with Gasteiger partial charge in [-0.3, -0.25) is 14.6 Å². The largest absolute Gasteiger partial charge is 0.505 e. The van der Waals surface area contributed by atoms with Crippen LogP contribution in [0.3, 0.4) is 0 Å². The topological polar surface area (TPSA) is 112 Å². The first-order chi connectivity index (χ1) is 18.7. The molecule has 2 aromatic heterocycles. The summed E-state index contributed by atoms with van der Waals surface area (Å²) in [7, 11) is 1.30. The first-order valence-electron chi connectivity index (χ1n) is 12.9. The molecule has 39 heavy (non-hydrogen) atoms. The molecule has 2 heterocycles. The molecule has 0 radical (unpaired) electrons. The first kappa shape index (κ1) is 28.1. The third kappa shape index (κ3) is 6.05. The average molecular weight is 540 g/mol. The average Bonchev–Trinajstić information content (AvgIpc) is 3.76. The number of hydrogen-bond donors (Lipinski definition) is 1. The Morgan fingerprint density at radius 2 is 1.92 bits per heavy atom. The third-order valence-corrected chi connectivity index (χ3v) is 7.06. The highest BCUT2D eigenvalue weighted by Gasteiger charge is 2.41. The molecular formula is C29H31F2N3O5. The minimum Gasteiger partial charge on any atom is -0.505 e. The summed E-state index contributed by atoms with van der Waals surface area (Å²) < 4.78 is 39.9. The zero-order valence-corrected chi connectivity index (χ0v) is 22.3. The summed E-state index contributed by atoms with van der Waals surface area (Å²) in [5.41, 5.74) is 1.38. The van der Waals surface area contributed by atoms with Crippen LogP contribution in [0.2, 0.25) is 0 Å². The summed E-state index contributed by atoms with van der Waals surface area (Å²) in [5, 5.41) is 10.6. The maximum Gasteiger partial charge on any atom is 0.309 e. The minimum absolute atomic E-state index is 0.0530. The van der Waals surface area contributed by atoms with Gasteiger partial charge in [0.2, 0.25) is 5.88 Å². The van der Waals surface area contributed by atoms with E-state index in [1.165, 1.54) is 19.4 Å². The number of phenols is 1. The summed E-state index contributed by atoms with van der Waals surface area (Å²) in [6, 6.07) is 4.59. The van der Waals surface area contributed by atoms with Gasteiger partial charge in [-0.1, -0.05) is 19.1 Å². The molecule has 1 aromatic carbocycles. The van der Waals surface area contributed by atoms with E-state index in [4.69, 9.17) is 9.47 Å². The second-order valence-corrected chi connectivity index (χ2v) is 9.70. The standard InChI is InChI=1S/C29H31F2N3O5/c1-5-39-24-12-20(21(30)13-32-24)27-16(3)34-22(14-33-27)23(35)11-9-18-8-10-19(26(31)28(18)36)25(17-6-7-17)15(2)29(37)38-4/h8,10,12-15,17,25,36H,5-7,9,11H2,1-4H3/t15-,25+/m1/s1. The molecule has 4 rings (SSSR count). The fraction of sp³-hybridized carbons (Fsp3) is 0.414. The summed E-state index contributed by atoms with van der Waals surface area (Å²) in [5.74, 6) is -3.25. The number of aromatic hydroxyl groups is 1. The molecule has 0 aliphatic heterocycles. The number of carbonyl (C=O) groups is 2. The molecule has 0 unspecified atom stereocenters. The maximum atomic E-state index is 15.3. The van der Waals surface area contributed by atoms with Gasteiger partial charge >= 0.3 is 5.97 Å². The molecular weight excluding hydrogens is 508 g/mol. The number of halogens is 2. The van der Waals surface area contributed by atoms with Gasteiger partial charge in [-0.15, -0.1) is 0 Å². The van der Waals surface area contributed by atoms with Crippen LogP contribution in [0, 0.1) is 30.4 Å². The number of pyridine rings is 1. The van der Waals surface area contributed by atoms with E-state index in [2.05, 4.69) is 15.0 Å². The molecule has 3 aromatic rings. The Morgan fingerprint density at radius 3 is 2.56 bits per heavy atom. The number of aryl methyl sites for hydroxylation is 2. The number of benzene rings is 1. The number of Topliss-reactive ketones (excluding diaryl/α,β-unsaturated/α-hetero) is 1. The van der Waals surface area contributed by atoms with Crippen molar-refractivity contribution in [3.05, 3.63) is 64.7 Å². The molecule has 1 aliphatic rings. The number of hydrogen-bond acceptors (Lipinski definition) is 8. The smallest absolute Gasteiger partial charge is 0.309 e. The maximum absolute atomic E-state index is 15.3. The first-order valence-corrected chi connectivity index (χ1v) is 12.9. The highest BCUT2D eigenvalue weighted by atomic mass is 19.1. The molecule has 2 atom stereocenters. The lowest BCUT2D eigenvalue weighted by Gasteiger charge is -2.23. The van der Waals surface area contributed by atoms with Gasteiger partial charge < -0.3 is 14.6 Å². The number of methoxy groups -OCH3 is 1. The Bertz CT molecular complexity index is 1390. The van der Waals surface area contributed by atoms with Crippen molar-refractivity contribution < 1.29 is 33.0 Å². The van der Waals surface area contributed by atoms with Gasteiger partial charge in [0.15, 0.2) is 23.2 Å². The Morgan fingerprint density at radius 1 is 1.18 bits per heavy atom. The molecule has 1 N–H and O–H groups in total. The summed E-state index contributed by atoms with van der Waals surface area (Å²) in [6.45, 7) is 5.47. The lowest BCUT2D eigenvalue weighted by atomic mass is 9.82. The van der Waals surface area contributed by atoms with Crippen LogP contribution in [-0.4, -0.2) is 45.5 Å². The summed E-state index contributed by atoms with van der Waals surface area (Å²) in [4.78, 5) is 37.4. The Labute approximate surface area is 225 Å². The fourth-order valence-electron chi connectivity index (χ4n) is 4.88. The quantitative estimate of drug-likeness (QED) is 0.257. The van der Waals surface area contributed by atoms with Gasteiger partial charge in [0.25, 0.3) is 0 Å². The van der Waals surface area contributed by atoms with Gasteiger partial charge in [0, 0.05) is 24.0 Å². The van der Waals surface area contributed by atoms with Crippen LogP contribution in [0.25, 0.3) is 11.3 Å². The normalized spacial score (nSPS) is 14.5. The van der Waals surface area contributed by atoms with Crippen molar-refractivity contribution in [3.8, 4) is 22.9 Å². The lowest BCUT2D eigenvalue weighted by Crippen LogP contribution is -2.23. The van der Waals surface area contributed by atoms with E-state index < -0.39 is 35.2 Å². The van der Waals surface area contributed by atoms with Gasteiger partial charge in [-0.2, -0.15) is 0 Å². The lowest BCUT2D eigenvalue weighted by molar-refractivity contribution is -0.145. The predicted octanol–water partition coefficient (Wildman–Crippen LogP) is 5.35. The number of esters is 1. The molecule has 0 spiro atoms. The molecule has 0 bridgehead atoms. The van der Waals surface area contributed by atoms with Crippen LogP contribution in [0.1, 0.15) is 66.3 Å². The van der Waals surface area contributed by atoms with E-state index >= 15 is 4.39 Å². The van der Waals surface area contributed by atoms with Crippen molar-refractivity contribution in [2.24, 2.45) is 11.8 Å². The number of ether oxygens (including phenoxy) is 2. The highest BCUT2D eigenvalue weighted by molar-refractivity contribution is 5.94. The van der Waals surface area contributed by atoms with Gasteiger partial charge in [-0.25, -0.2) is 18.7 Å². The summed E-state index contributed by atoms with van der Waals surface area (Å²) >= 11 is 0. The van der Waals surface area contributed by atoms with Crippen LogP contribution in [0.4, 0.5) is 8.78 Å². The van der Waals surface area contributed by atoms with Crippen LogP contribution in [0.15, 0.2) is 30.6 Å². The molecule has 1 aliphatic carbocycles. The SMILES string of the molecule is CCOc1cc(-c2ncc(C(=O)CCc3ccc([C@H](C4CC4)[C@@H](C)C(=O)OC)c(F)c3O)nc2C)c(F)cn1. The monoisotopic (exact) mass is 539 g/mol. The van der Waals surface area contributed by atoms with Crippen molar-refractivity contribution in [2.75, 3.05) is 13.7 Å². The van der Waals surface area contributed by atoms with Crippen molar-refractivity contribution >= 4 is 11.8 Å². The van der Waals surface area contributed by atoms with E-state index in [9.17, 15) is 19.1 Å². The molecule has 0 amide bonds. The zero-order chi connectivity index (χ0) is 28.3. The second-order valence-electron chi connectivity index (χ2n) is 9.70. The van der Waals surface area contributed by atoms with Gasteiger partial charge in [0.1, 0.15) is 5.69 Å². The Hall–Kier alpha value is -3.95. The van der Waals surface area contributed by atoms with Crippen molar-refractivity contribution in [1.29, 1.82) is 0 Å². The molecule has 10 heteroatoms. The van der Waals surface area contributed by atoms with Crippen molar-refractivity contribution in [3.63, 3.8) is 0 Å². The van der Waals surface area contributed by atoms with Crippen molar-refractivity contribution in [1.82, 2.24) is 15.0 Å². The van der Waals surface area contributed by atoms with Crippen LogP contribution >= 0.6 is 0 Å². The van der Waals surface area contributed by atoms with Gasteiger partial charge in [-0.05, 0) is 50.2 Å². The number of nitrogens with zero attached hydrogens (tertiary/aromatic N) is 3. The zero-order valence-electron chi connectivity index (χ0n) is 22.3. The van der Waals surface area contributed by atoms with Crippen molar-refractivity contribution in [2.45, 2.75) is 52.4 Å². The molecule has 0 saturated heterocycles. The molecule has 1 saturated carbocycles. The van der Waals surface area contributed by atoms with Crippen LogP contribution < -0.4 is 4.74 Å². The number of phenolic OH excluding ortho intramolecular Hbond substituents is 1. The van der Waals surface area contributed by atoms with E-state index in [-0.39, 0.29) is 58.5 Å². The second kappa shape index (κ2) is 11.8. The van der Waals surface area contributed by atoms with E-state index in [0.29, 0.717) is 12.3 Å². The molecule has 8 nitrogen and oxygen atoms in total. The molecule has 206 valence electrons. The Balaban J connectivity index is 1.49. The predicted molar refractivity (Wildman–Crippen MR) is 138 cm³/mol. The van der Waals surface area contributed by atoms with E-state index in [1.807, 2.05) is 0 Å². The van der Waals surface area contributed by atoms with E-state index in [1.54, 1.807) is 32.9 Å². The number of aromatic nitrogens is 3. The third-order valence-electron chi connectivity index (χ3n) is 7.06. The molecule has 1 fully saturated rings.